The molecule has 2 aromatic carbocycles. The Bertz CT molecular complexity index is 1230. The number of amides is 1. The summed E-state index contributed by atoms with van der Waals surface area (Å²) in [6.45, 7) is 7.45. The molecule has 5 N–H and O–H groups in total. The van der Waals surface area contributed by atoms with E-state index >= 15 is 0 Å². The van der Waals surface area contributed by atoms with E-state index in [4.69, 9.17) is 27.5 Å². The number of nitrogens with one attached hydrogen (secondary N) is 1. The van der Waals surface area contributed by atoms with Crippen LogP contribution in [0.5, 0.6) is 0 Å². The molecule has 0 aliphatic carbocycles. The Hall–Kier alpha value is -3.81. The minimum atomic E-state index is -4.60. The third-order valence-electron chi connectivity index (χ3n) is 4.62. The van der Waals surface area contributed by atoms with E-state index in [1.165, 1.54) is 0 Å². The van der Waals surface area contributed by atoms with Crippen molar-refractivity contribution in [1.82, 2.24) is 0 Å². The summed E-state index contributed by atoms with van der Waals surface area (Å²) >= 11 is 5.03. The highest BCUT2D eigenvalue weighted by Crippen LogP contribution is 2.33. The number of carboxylic acids is 2. The maximum atomic E-state index is 12.6. The first kappa shape index (κ1) is 40.3. The Labute approximate surface area is 243 Å². The van der Waals surface area contributed by atoms with Crippen LogP contribution >= 0.6 is 11.6 Å². The van der Waals surface area contributed by atoms with Crippen LogP contribution in [0.1, 0.15) is 79.8 Å². The van der Waals surface area contributed by atoms with Gasteiger partial charge in [0.15, 0.2) is 0 Å². The van der Waals surface area contributed by atoms with Gasteiger partial charge in [-0.25, -0.2) is 9.59 Å². The van der Waals surface area contributed by atoms with Crippen molar-refractivity contribution in [3.8, 4) is 0 Å². The maximum Gasteiger partial charge on any atom is 0.416 e. The molecule has 0 aliphatic heterocycles. The highest BCUT2D eigenvalue weighted by atomic mass is 35.5. The van der Waals surface area contributed by atoms with E-state index in [0.717, 1.165) is 12.1 Å². The summed E-state index contributed by atoms with van der Waals surface area (Å²) < 4.78 is 74.1. The van der Waals surface area contributed by atoms with Crippen LogP contribution in [-0.4, -0.2) is 33.3 Å². The quantitative estimate of drug-likeness (QED) is 0.139. The molecule has 0 atom stereocenters. The molecule has 0 spiro atoms. The van der Waals surface area contributed by atoms with E-state index in [0.29, 0.717) is 36.6 Å². The van der Waals surface area contributed by atoms with E-state index in [1.807, 2.05) is 13.8 Å². The van der Waals surface area contributed by atoms with Gasteiger partial charge in [0, 0.05) is 18.5 Å². The van der Waals surface area contributed by atoms with E-state index in [1.54, 1.807) is 13.8 Å². The van der Waals surface area contributed by atoms with Gasteiger partial charge in [0.1, 0.15) is 0 Å². The number of carbonyl (C=O) groups excluding carboxylic acids is 2. The van der Waals surface area contributed by atoms with Crippen molar-refractivity contribution in [2.75, 3.05) is 11.1 Å². The van der Waals surface area contributed by atoms with Crippen LogP contribution in [-0.2, 0) is 21.9 Å². The molecule has 15 heteroatoms. The van der Waals surface area contributed by atoms with Gasteiger partial charge in [-0.15, -0.1) is 0 Å². The lowest BCUT2D eigenvalue weighted by Gasteiger charge is -2.13. The largest absolute Gasteiger partial charge is 0.478 e. The van der Waals surface area contributed by atoms with Gasteiger partial charge in [-0.05, 0) is 59.8 Å². The van der Waals surface area contributed by atoms with Crippen molar-refractivity contribution < 1.29 is 55.7 Å². The molecule has 236 valence electrons. The first-order valence-corrected chi connectivity index (χ1v) is 12.1. The summed E-state index contributed by atoms with van der Waals surface area (Å²) in [7, 11) is 0. The molecule has 0 bridgehead atoms. The monoisotopic (exact) mass is 630 g/mol. The van der Waals surface area contributed by atoms with Gasteiger partial charge in [-0.3, -0.25) is 9.59 Å². The van der Waals surface area contributed by atoms with E-state index in [-0.39, 0.29) is 41.8 Å². The van der Waals surface area contributed by atoms with E-state index in [2.05, 4.69) is 5.32 Å². The molecule has 0 radical (unpaired) electrons. The SMILES string of the molecule is C.CC(C)CC(=O)Cl.CC(C)CC(=O)Nc1cc(C(F)(F)F)ccc1C(=O)O.Nc1cc(C(F)(F)F)ccc1C(=O)O. The summed E-state index contributed by atoms with van der Waals surface area (Å²) in [5, 5.41) is 19.4. The van der Waals surface area contributed by atoms with Gasteiger partial charge in [0.05, 0.1) is 27.9 Å². The fraction of sp³-hybridized carbons (Fsp3) is 0.407. The Morgan fingerprint density at radius 2 is 1.19 bits per heavy atom. The number of aromatic carboxylic acids is 2. The number of carbonyl (C=O) groups is 4. The zero-order valence-corrected chi connectivity index (χ0v) is 23.0. The fourth-order valence-corrected chi connectivity index (χ4v) is 3.15. The molecule has 2 rings (SSSR count). The molecule has 0 fully saturated rings. The summed E-state index contributed by atoms with van der Waals surface area (Å²) in [4.78, 5) is 43.0. The predicted molar refractivity (Wildman–Crippen MR) is 146 cm³/mol. The normalized spacial score (nSPS) is 10.9. The van der Waals surface area contributed by atoms with Crippen molar-refractivity contribution in [2.45, 2.75) is 60.3 Å². The van der Waals surface area contributed by atoms with Gasteiger partial charge in [0.25, 0.3) is 0 Å². The Morgan fingerprint density at radius 3 is 1.50 bits per heavy atom. The van der Waals surface area contributed by atoms with Crippen molar-refractivity contribution in [3.05, 3.63) is 58.7 Å². The molecule has 1 amide bonds. The Balaban J connectivity index is 0. The van der Waals surface area contributed by atoms with Gasteiger partial charge in [0.2, 0.25) is 11.1 Å². The van der Waals surface area contributed by atoms with E-state index < -0.39 is 47.0 Å². The Morgan fingerprint density at radius 1 is 0.786 bits per heavy atom. The van der Waals surface area contributed by atoms with Gasteiger partial charge in [-0.2, -0.15) is 26.3 Å². The number of nitrogen functional groups attached to an aromatic ring is 1. The van der Waals surface area contributed by atoms with Crippen molar-refractivity contribution >= 4 is 46.1 Å². The number of rotatable bonds is 7. The van der Waals surface area contributed by atoms with Crippen LogP contribution in [0.15, 0.2) is 36.4 Å². The third-order valence-corrected chi connectivity index (χ3v) is 4.78. The number of alkyl halides is 6. The third kappa shape index (κ3) is 15.3. The molecule has 42 heavy (non-hydrogen) atoms. The maximum absolute atomic E-state index is 12.6. The lowest BCUT2D eigenvalue weighted by atomic mass is 10.1. The topological polar surface area (TPSA) is 147 Å². The van der Waals surface area contributed by atoms with Gasteiger partial charge >= 0.3 is 24.3 Å². The number of halogens is 7. The smallest absolute Gasteiger partial charge is 0.416 e. The summed E-state index contributed by atoms with van der Waals surface area (Å²) in [6.07, 6.45) is -8.53. The molecule has 0 heterocycles. The second kappa shape index (κ2) is 17.2. The number of nitrogens with two attached hydrogens (primary N) is 1. The fourth-order valence-electron chi connectivity index (χ4n) is 2.84. The molecule has 0 saturated heterocycles. The summed E-state index contributed by atoms with van der Waals surface area (Å²) in [5.41, 5.74) is 1.71. The molecular weight excluding hydrogens is 598 g/mol. The van der Waals surface area contributed by atoms with E-state index in [9.17, 15) is 45.5 Å². The lowest BCUT2D eigenvalue weighted by molar-refractivity contribution is -0.138. The number of benzene rings is 2. The number of anilines is 2. The van der Waals surface area contributed by atoms with Crippen molar-refractivity contribution in [3.63, 3.8) is 0 Å². The highest BCUT2D eigenvalue weighted by molar-refractivity contribution is 6.63. The second-order valence-electron chi connectivity index (χ2n) is 9.27. The average molecular weight is 631 g/mol. The zero-order valence-electron chi connectivity index (χ0n) is 22.3. The standard InChI is InChI=1S/C13H14F3NO3.C8H6F3NO2.C5H9ClO.CH4/c1-7(2)5-11(18)17-10-6-8(13(14,15)16)3-4-9(10)12(19)20;9-8(10,11)4-1-2-5(7(13)14)6(12)3-4;1-4(2)3-5(6)7;/h3-4,6-7H,5H2,1-2H3,(H,17,18)(H,19,20);1-3H,12H2,(H,13,14);4H,3H2,1-2H3;1H4. The lowest BCUT2D eigenvalue weighted by Crippen LogP contribution is -2.17. The van der Waals surface area contributed by atoms with Crippen LogP contribution in [0.25, 0.3) is 0 Å². The molecular formula is C27H33ClF6N2O6. The van der Waals surface area contributed by atoms with Crippen molar-refractivity contribution in [2.24, 2.45) is 11.8 Å². The molecule has 2 aromatic rings. The average Bonchev–Trinajstić information content (AvgIpc) is 2.76. The van der Waals surface area contributed by atoms with Crippen molar-refractivity contribution in [1.29, 1.82) is 0 Å². The van der Waals surface area contributed by atoms with Crippen LogP contribution in [0.2, 0.25) is 0 Å². The predicted octanol–water partition coefficient (Wildman–Crippen LogP) is 7.81. The second-order valence-corrected chi connectivity index (χ2v) is 9.69. The molecule has 8 nitrogen and oxygen atoms in total. The number of hydrogen-bond acceptors (Lipinski definition) is 5. The van der Waals surface area contributed by atoms with Gasteiger partial charge in [-0.1, -0.05) is 35.1 Å². The molecule has 0 aliphatic rings. The minimum absolute atomic E-state index is 0. The number of carboxylic acid groups (broad SMARTS) is 2. The molecule has 0 saturated carbocycles. The van der Waals surface area contributed by atoms with Gasteiger partial charge < -0.3 is 21.3 Å². The van der Waals surface area contributed by atoms with Crippen LogP contribution in [0.3, 0.4) is 0 Å². The highest BCUT2D eigenvalue weighted by Gasteiger charge is 2.32. The molecule has 0 aromatic heterocycles. The molecule has 0 unspecified atom stereocenters. The minimum Gasteiger partial charge on any atom is -0.478 e. The summed E-state index contributed by atoms with van der Waals surface area (Å²) in [5.74, 6) is -2.88. The Kier molecular flexibility index (Phi) is 16.5. The first-order valence-electron chi connectivity index (χ1n) is 11.7. The number of hydrogen-bond donors (Lipinski definition) is 4. The first-order chi connectivity index (χ1) is 18.6. The van der Waals surface area contributed by atoms with Crippen LogP contribution in [0, 0.1) is 11.8 Å². The summed E-state index contributed by atoms with van der Waals surface area (Å²) in [6, 6.07) is 4.24. The van der Waals surface area contributed by atoms with Crippen LogP contribution in [0.4, 0.5) is 37.7 Å². The van der Waals surface area contributed by atoms with Crippen LogP contribution < -0.4 is 11.1 Å². The zero-order chi connectivity index (χ0) is 32.3.